The zero-order valence-electron chi connectivity index (χ0n) is 9.87. The van der Waals surface area contributed by atoms with E-state index in [0.29, 0.717) is 6.42 Å². The van der Waals surface area contributed by atoms with E-state index in [2.05, 4.69) is 9.97 Å². The summed E-state index contributed by atoms with van der Waals surface area (Å²) in [5.74, 6) is 0. The van der Waals surface area contributed by atoms with Gasteiger partial charge >= 0.3 is 0 Å². The highest BCUT2D eigenvalue weighted by Crippen LogP contribution is 2.18. The van der Waals surface area contributed by atoms with E-state index in [1.807, 2.05) is 25.1 Å². The third-order valence-corrected chi connectivity index (χ3v) is 2.74. The number of pyridine rings is 2. The van der Waals surface area contributed by atoms with Gasteiger partial charge in [-0.1, -0.05) is 6.07 Å². The number of hydrogen-bond donors (Lipinski definition) is 1. The van der Waals surface area contributed by atoms with Crippen LogP contribution in [0.4, 0.5) is 0 Å². The molecule has 2 heterocycles. The summed E-state index contributed by atoms with van der Waals surface area (Å²) in [7, 11) is 0. The molecule has 0 aliphatic carbocycles. The van der Waals surface area contributed by atoms with Crippen molar-refractivity contribution in [1.82, 2.24) is 9.97 Å². The molecule has 1 N–H and O–H groups in total. The van der Waals surface area contributed by atoms with E-state index in [1.54, 1.807) is 24.8 Å². The Morgan fingerprint density at radius 1 is 1.18 bits per heavy atom. The van der Waals surface area contributed by atoms with Gasteiger partial charge < -0.3 is 5.11 Å². The summed E-state index contributed by atoms with van der Waals surface area (Å²) in [6.45, 7) is 1.98. The Kier molecular flexibility index (Phi) is 3.83. The van der Waals surface area contributed by atoms with Crippen molar-refractivity contribution >= 4 is 0 Å². The van der Waals surface area contributed by atoms with Crippen LogP contribution in [0.5, 0.6) is 0 Å². The molecule has 0 aliphatic rings. The fourth-order valence-electron chi connectivity index (χ4n) is 1.78. The van der Waals surface area contributed by atoms with Gasteiger partial charge in [-0.25, -0.2) is 0 Å². The van der Waals surface area contributed by atoms with Crippen molar-refractivity contribution in [2.45, 2.75) is 25.9 Å². The van der Waals surface area contributed by atoms with Crippen LogP contribution < -0.4 is 0 Å². The van der Waals surface area contributed by atoms with Crippen LogP contribution in [-0.4, -0.2) is 15.1 Å². The van der Waals surface area contributed by atoms with Gasteiger partial charge in [-0.2, -0.15) is 0 Å². The van der Waals surface area contributed by atoms with Crippen LogP contribution in [-0.2, 0) is 6.42 Å². The van der Waals surface area contributed by atoms with Gasteiger partial charge in [-0.05, 0) is 48.6 Å². The number of aryl methyl sites for hydroxylation is 2. The fraction of sp³-hybridized carbons (Fsp3) is 0.286. The van der Waals surface area contributed by atoms with Crippen molar-refractivity contribution in [2.75, 3.05) is 0 Å². The van der Waals surface area contributed by atoms with E-state index in [4.69, 9.17) is 0 Å². The number of aliphatic hydroxyl groups is 1. The first-order valence-electron chi connectivity index (χ1n) is 5.74. The second kappa shape index (κ2) is 5.55. The largest absolute Gasteiger partial charge is 0.388 e. The van der Waals surface area contributed by atoms with Gasteiger partial charge in [0.05, 0.1) is 6.10 Å². The van der Waals surface area contributed by atoms with Crippen LogP contribution in [0.1, 0.15) is 29.2 Å². The molecule has 2 rings (SSSR count). The highest BCUT2D eigenvalue weighted by molar-refractivity contribution is 5.19. The predicted octanol–water partition coefficient (Wildman–Crippen LogP) is 2.45. The maximum absolute atomic E-state index is 10.1. The number of rotatable bonds is 4. The minimum atomic E-state index is -0.449. The average Bonchev–Trinajstić information content (AvgIpc) is 2.37. The zero-order valence-corrected chi connectivity index (χ0v) is 9.87. The maximum atomic E-state index is 10.1. The zero-order chi connectivity index (χ0) is 12.1. The molecule has 1 atom stereocenters. The second-order valence-electron chi connectivity index (χ2n) is 4.21. The van der Waals surface area contributed by atoms with Crippen LogP contribution >= 0.6 is 0 Å². The van der Waals surface area contributed by atoms with Crippen molar-refractivity contribution in [3.8, 4) is 0 Å². The van der Waals surface area contributed by atoms with Crippen molar-refractivity contribution < 1.29 is 5.11 Å². The van der Waals surface area contributed by atoms with E-state index in [9.17, 15) is 5.11 Å². The summed E-state index contributed by atoms with van der Waals surface area (Å²) in [5.41, 5.74) is 3.16. The minimum absolute atomic E-state index is 0.449. The molecule has 3 heteroatoms. The summed E-state index contributed by atoms with van der Waals surface area (Å²) >= 11 is 0. The van der Waals surface area contributed by atoms with E-state index >= 15 is 0 Å². The molecule has 0 radical (unpaired) electrons. The third-order valence-electron chi connectivity index (χ3n) is 2.74. The molecule has 0 fully saturated rings. The summed E-state index contributed by atoms with van der Waals surface area (Å²) < 4.78 is 0. The van der Waals surface area contributed by atoms with Crippen molar-refractivity contribution in [3.63, 3.8) is 0 Å². The minimum Gasteiger partial charge on any atom is -0.388 e. The molecule has 0 saturated carbocycles. The molecule has 0 amide bonds. The quantitative estimate of drug-likeness (QED) is 0.874. The molecule has 2 aromatic rings. The first-order chi connectivity index (χ1) is 8.25. The Bertz CT molecular complexity index is 471. The smallest absolute Gasteiger partial charge is 0.0808 e. The summed E-state index contributed by atoms with van der Waals surface area (Å²) in [5, 5.41) is 10.1. The highest BCUT2D eigenvalue weighted by Gasteiger charge is 2.08. The fourth-order valence-corrected chi connectivity index (χ4v) is 1.78. The van der Waals surface area contributed by atoms with E-state index < -0.39 is 6.10 Å². The molecule has 0 saturated heterocycles. The second-order valence-corrected chi connectivity index (χ2v) is 4.21. The van der Waals surface area contributed by atoms with Gasteiger partial charge in [0, 0.05) is 24.8 Å². The van der Waals surface area contributed by atoms with Crippen LogP contribution in [0.15, 0.2) is 43.0 Å². The van der Waals surface area contributed by atoms with Gasteiger partial charge in [0.1, 0.15) is 0 Å². The lowest BCUT2D eigenvalue weighted by Crippen LogP contribution is -2.00. The number of hydrogen-bond acceptors (Lipinski definition) is 3. The first-order valence-corrected chi connectivity index (χ1v) is 5.74. The molecule has 17 heavy (non-hydrogen) atoms. The standard InChI is InChI=1S/C14H16N2O/c1-11-8-13(10-16-9-11)14(17)3-2-12-4-6-15-7-5-12/h4-10,14,17H,2-3H2,1H3. The van der Waals surface area contributed by atoms with Gasteiger partial charge in [0.25, 0.3) is 0 Å². The van der Waals surface area contributed by atoms with Crippen LogP contribution in [0.2, 0.25) is 0 Å². The lowest BCUT2D eigenvalue weighted by Gasteiger charge is -2.10. The van der Waals surface area contributed by atoms with Gasteiger partial charge in [0.2, 0.25) is 0 Å². The Morgan fingerprint density at radius 2 is 1.94 bits per heavy atom. The molecule has 0 bridgehead atoms. The van der Waals surface area contributed by atoms with Crippen molar-refractivity contribution in [2.24, 2.45) is 0 Å². The monoisotopic (exact) mass is 228 g/mol. The normalized spacial score (nSPS) is 12.4. The molecule has 0 aromatic carbocycles. The van der Waals surface area contributed by atoms with E-state index in [1.165, 1.54) is 5.56 Å². The summed E-state index contributed by atoms with van der Waals surface area (Å²) in [4.78, 5) is 8.06. The highest BCUT2D eigenvalue weighted by atomic mass is 16.3. The molecule has 2 aromatic heterocycles. The molecular weight excluding hydrogens is 212 g/mol. The molecular formula is C14H16N2O. The topological polar surface area (TPSA) is 46.0 Å². The molecule has 0 spiro atoms. The summed E-state index contributed by atoms with van der Waals surface area (Å²) in [6, 6.07) is 5.92. The lowest BCUT2D eigenvalue weighted by atomic mass is 10.0. The lowest BCUT2D eigenvalue weighted by molar-refractivity contribution is 0.167. The van der Waals surface area contributed by atoms with Crippen LogP contribution in [0.3, 0.4) is 0 Å². The van der Waals surface area contributed by atoms with Gasteiger partial charge in [-0.3, -0.25) is 9.97 Å². The SMILES string of the molecule is Cc1cncc(C(O)CCc2ccncc2)c1. The van der Waals surface area contributed by atoms with Crippen LogP contribution in [0, 0.1) is 6.92 Å². The van der Waals surface area contributed by atoms with Crippen molar-refractivity contribution in [1.29, 1.82) is 0 Å². The Morgan fingerprint density at radius 3 is 2.65 bits per heavy atom. The molecule has 88 valence electrons. The van der Waals surface area contributed by atoms with Crippen molar-refractivity contribution in [3.05, 3.63) is 59.7 Å². The first kappa shape index (κ1) is 11.7. The number of nitrogens with zero attached hydrogens (tertiary/aromatic N) is 2. The third kappa shape index (κ3) is 3.36. The predicted molar refractivity (Wildman–Crippen MR) is 66.5 cm³/mol. The number of aliphatic hydroxyl groups excluding tert-OH is 1. The van der Waals surface area contributed by atoms with Gasteiger partial charge in [0.15, 0.2) is 0 Å². The van der Waals surface area contributed by atoms with E-state index in [0.717, 1.165) is 17.5 Å². The molecule has 1 unspecified atom stereocenters. The Balaban J connectivity index is 1.96. The van der Waals surface area contributed by atoms with Gasteiger partial charge in [-0.15, -0.1) is 0 Å². The molecule has 3 nitrogen and oxygen atoms in total. The average molecular weight is 228 g/mol. The maximum Gasteiger partial charge on any atom is 0.0808 e. The van der Waals surface area contributed by atoms with E-state index in [-0.39, 0.29) is 0 Å². The molecule has 0 aliphatic heterocycles. The Hall–Kier alpha value is -1.74. The van der Waals surface area contributed by atoms with Crippen LogP contribution in [0.25, 0.3) is 0 Å². The Labute approximate surface area is 101 Å². The summed E-state index contributed by atoms with van der Waals surface area (Å²) in [6.07, 6.45) is 8.16. The number of aromatic nitrogens is 2.